The van der Waals surface area contributed by atoms with Crippen molar-refractivity contribution in [3.8, 4) is 0 Å². The maximum Gasteiger partial charge on any atom is 0.490 e. The van der Waals surface area contributed by atoms with Gasteiger partial charge in [0, 0.05) is 10.5 Å². The van der Waals surface area contributed by atoms with Crippen molar-refractivity contribution >= 4 is 18.7 Å². The Morgan fingerprint density at radius 2 is 1.91 bits per heavy atom. The molecule has 60 valence electrons. The fourth-order valence-electron chi connectivity index (χ4n) is 0.354. The predicted octanol–water partition coefficient (Wildman–Crippen LogP) is 1.16. The molecule has 2 nitrogen and oxygen atoms in total. The number of hydrogen-bond acceptors (Lipinski definition) is 2. The molecule has 0 fully saturated rings. The van der Waals surface area contributed by atoms with Crippen molar-refractivity contribution in [2.45, 2.75) is 0 Å². The van der Waals surface area contributed by atoms with E-state index in [4.69, 9.17) is 21.6 Å². The van der Waals surface area contributed by atoms with Crippen molar-refractivity contribution in [1.82, 2.24) is 0 Å². The lowest BCUT2D eigenvalue weighted by atomic mass is 9.80. The first-order valence-electron chi connectivity index (χ1n) is 2.72. The highest BCUT2D eigenvalue weighted by atomic mass is 35.5. The summed E-state index contributed by atoms with van der Waals surface area (Å²) in [4.78, 5) is 0. The minimum Gasteiger partial charge on any atom is -0.423 e. The van der Waals surface area contributed by atoms with Gasteiger partial charge in [0.1, 0.15) is 5.83 Å². The molecule has 0 aromatic rings. The summed E-state index contributed by atoms with van der Waals surface area (Å²) in [5.74, 6) is -0.889. The lowest BCUT2D eigenvalue weighted by molar-refractivity contribution is 0.417. The first-order chi connectivity index (χ1) is 4.95. The maximum atomic E-state index is 12.6. The fraction of sp³-hybridized carbons (Fsp3) is 0. The van der Waals surface area contributed by atoms with Gasteiger partial charge in [-0.3, -0.25) is 0 Å². The van der Waals surface area contributed by atoms with Crippen LogP contribution < -0.4 is 0 Å². The molecule has 0 bridgehead atoms. The van der Waals surface area contributed by atoms with E-state index in [9.17, 15) is 4.39 Å². The summed E-state index contributed by atoms with van der Waals surface area (Å²) in [6.07, 6.45) is 0.851. The van der Waals surface area contributed by atoms with Gasteiger partial charge in [-0.1, -0.05) is 24.8 Å². The van der Waals surface area contributed by atoms with Gasteiger partial charge in [-0.05, 0) is 6.08 Å². The zero-order valence-corrected chi connectivity index (χ0v) is 6.48. The second-order valence-electron chi connectivity index (χ2n) is 1.84. The first kappa shape index (κ1) is 10.4. The summed E-state index contributed by atoms with van der Waals surface area (Å²) < 4.78 is 12.6. The average Bonchev–Trinajstić information content (AvgIpc) is 1.84. The van der Waals surface area contributed by atoms with Crippen LogP contribution in [0.5, 0.6) is 0 Å². The Balaban J connectivity index is 4.36. The summed E-state index contributed by atoms with van der Waals surface area (Å²) in [7, 11) is -1.90. The van der Waals surface area contributed by atoms with E-state index >= 15 is 0 Å². The highest BCUT2D eigenvalue weighted by Crippen LogP contribution is 2.13. The average molecular weight is 176 g/mol. The molecule has 0 rings (SSSR count). The molecule has 5 heteroatoms. The number of allylic oxidation sites excluding steroid dienone is 4. The second-order valence-corrected chi connectivity index (χ2v) is 2.32. The van der Waals surface area contributed by atoms with Gasteiger partial charge in [-0.25, -0.2) is 4.39 Å². The molecule has 11 heavy (non-hydrogen) atoms. The summed E-state index contributed by atoms with van der Waals surface area (Å²) >= 11 is 5.21. The van der Waals surface area contributed by atoms with Crippen molar-refractivity contribution in [3.05, 3.63) is 35.6 Å². The molecule has 0 aromatic heterocycles. The van der Waals surface area contributed by atoms with E-state index in [2.05, 4.69) is 13.2 Å². The third-order valence-corrected chi connectivity index (χ3v) is 1.01. The van der Waals surface area contributed by atoms with E-state index in [1.807, 2.05) is 0 Å². The van der Waals surface area contributed by atoms with E-state index in [0.717, 1.165) is 6.08 Å². The highest BCUT2D eigenvalue weighted by Gasteiger charge is 2.16. The lowest BCUT2D eigenvalue weighted by Gasteiger charge is -1.98. The largest absolute Gasteiger partial charge is 0.490 e. The van der Waals surface area contributed by atoms with Crippen LogP contribution in [-0.4, -0.2) is 17.2 Å². The molecule has 0 saturated heterocycles. The molecule has 0 aliphatic heterocycles. The molecular weight excluding hydrogens is 169 g/mol. The van der Waals surface area contributed by atoms with E-state index in [1.165, 1.54) is 0 Å². The van der Waals surface area contributed by atoms with Gasteiger partial charge in [-0.15, -0.1) is 0 Å². The Labute approximate surface area is 69.4 Å². The van der Waals surface area contributed by atoms with Crippen LogP contribution in [0.4, 0.5) is 4.39 Å². The van der Waals surface area contributed by atoms with Gasteiger partial charge < -0.3 is 10.0 Å². The molecule has 0 aliphatic rings. The predicted molar refractivity (Wildman–Crippen MR) is 43.5 cm³/mol. The number of hydrogen-bond donors (Lipinski definition) is 2. The highest BCUT2D eigenvalue weighted by molar-refractivity contribution is 6.52. The zero-order chi connectivity index (χ0) is 9.02. The minimum absolute atomic E-state index is 0.0377. The molecule has 0 aliphatic carbocycles. The summed E-state index contributed by atoms with van der Waals surface area (Å²) in [5, 5.41) is 16.8. The van der Waals surface area contributed by atoms with Gasteiger partial charge in [0.15, 0.2) is 0 Å². The number of rotatable bonds is 3. The van der Waals surface area contributed by atoms with Crippen LogP contribution in [0.3, 0.4) is 0 Å². The summed E-state index contributed by atoms with van der Waals surface area (Å²) in [6.45, 7) is 6.25. The Bertz CT molecular complexity index is 213. The van der Waals surface area contributed by atoms with E-state index < -0.39 is 18.4 Å². The lowest BCUT2D eigenvalue weighted by Crippen LogP contribution is -2.14. The van der Waals surface area contributed by atoms with Gasteiger partial charge in [0.25, 0.3) is 0 Å². The zero-order valence-electron chi connectivity index (χ0n) is 5.72. The molecule has 0 atom stereocenters. The minimum atomic E-state index is -1.90. The van der Waals surface area contributed by atoms with Crippen molar-refractivity contribution in [1.29, 1.82) is 0 Å². The molecule has 0 aromatic carbocycles. The molecule has 0 spiro atoms. The molecule has 0 radical (unpaired) electrons. The Kier molecular flexibility index (Phi) is 4.11. The van der Waals surface area contributed by atoms with Crippen molar-refractivity contribution in [3.63, 3.8) is 0 Å². The van der Waals surface area contributed by atoms with E-state index in [-0.39, 0.29) is 5.03 Å². The molecule has 0 unspecified atom stereocenters. The first-order valence-corrected chi connectivity index (χ1v) is 3.10. The van der Waals surface area contributed by atoms with Crippen LogP contribution in [-0.2, 0) is 0 Å². The van der Waals surface area contributed by atoms with Gasteiger partial charge in [0.2, 0.25) is 0 Å². The van der Waals surface area contributed by atoms with Crippen LogP contribution in [0.1, 0.15) is 0 Å². The Hall–Kier alpha value is -0.575. The summed E-state index contributed by atoms with van der Waals surface area (Å²) in [6, 6.07) is 0. The van der Waals surface area contributed by atoms with Crippen LogP contribution in [0.25, 0.3) is 0 Å². The molecule has 0 amide bonds. The van der Waals surface area contributed by atoms with Crippen LogP contribution in [0.2, 0.25) is 0 Å². The van der Waals surface area contributed by atoms with Crippen molar-refractivity contribution < 1.29 is 14.4 Å². The fourth-order valence-corrected chi connectivity index (χ4v) is 0.449. The molecule has 2 N–H and O–H groups in total. The molecular formula is C6H7BClFO2. The van der Waals surface area contributed by atoms with Gasteiger partial charge >= 0.3 is 7.12 Å². The maximum absolute atomic E-state index is 12.6. The molecule has 0 heterocycles. The molecule has 0 saturated carbocycles. The standard InChI is InChI=1S/C6H7BClFO2/c1-4(8)3-6(9)5(2)7(10)11/h3,10-11H,1-2H2/b6-3+. The topological polar surface area (TPSA) is 40.5 Å². The smallest absolute Gasteiger partial charge is 0.423 e. The quantitative estimate of drug-likeness (QED) is 0.500. The monoisotopic (exact) mass is 176 g/mol. The Morgan fingerprint density at radius 3 is 2.18 bits per heavy atom. The van der Waals surface area contributed by atoms with Crippen LogP contribution in [0.15, 0.2) is 35.6 Å². The Morgan fingerprint density at radius 1 is 1.45 bits per heavy atom. The number of halogens is 2. The van der Waals surface area contributed by atoms with Crippen LogP contribution >= 0.6 is 11.6 Å². The van der Waals surface area contributed by atoms with Gasteiger partial charge in [-0.2, -0.15) is 0 Å². The third kappa shape index (κ3) is 3.98. The van der Waals surface area contributed by atoms with E-state index in [1.54, 1.807) is 0 Å². The second kappa shape index (κ2) is 4.33. The van der Waals surface area contributed by atoms with Gasteiger partial charge in [0.05, 0.1) is 0 Å². The third-order valence-electron chi connectivity index (χ3n) is 0.902. The van der Waals surface area contributed by atoms with E-state index in [0.29, 0.717) is 0 Å². The van der Waals surface area contributed by atoms with Crippen molar-refractivity contribution in [2.75, 3.05) is 0 Å². The normalized spacial score (nSPS) is 11.1. The SMILES string of the molecule is C=C(Cl)/C=C(/F)C(=C)B(O)O. The van der Waals surface area contributed by atoms with Crippen molar-refractivity contribution in [2.24, 2.45) is 0 Å². The summed E-state index contributed by atoms with van der Waals surface area (Å²) in [5.41, 5.74) is -0.438. The van der Waals surface area contributed by atoms with Crippen LogP contribution in [0, 0.1) is 0 Å².